The van der Waals surface area contributed by atoms with Crippen LogP contribution in [-0.2, 0) is 4.79 Å². The number of allylic oxidation sites excluding steroid dienone is 3. The largest absolute Gasteiger partial charge is 0.353 e. The zero-order valence-electron chi connectivity index (χ0n) is 12.5. The highest BCUT2D eigenvalue weighted by molar-refractivity contribution is 8.02. The highest BCUT2D eigenvalue weighted by atomic mass is 35.5. The summed E-state index contributed by atoms with van der Waals surface area (Å²) in [5.74, 6) is 1.66. The minimum absolute atomic E-state index is 0. The summed E-state index contributed by atoms with van der Waals surface area (Å²) in [7, 11) is 0. The van der Waals surface area contributed by atoms with Crippen LogP contribution in [0.4, 0.5) is 0 Å². The molecule has 0 aromatic heterocycles. The summed E-state index contributed by atoms with van der Waals surface area (Å²) in [6.07, 6.45) is 10.5. The Morgan fingerprint density at radius 3 is 3.14 bits per heavy atom. The van der Waals surface area contributed by atoms with Crippen molar-refractivity contribution in [3.63, 3.8) is 0 Å². The third kappa shape index (κ3) is 2.80. The van der Waals surface area contributed by atoms with Gasteiger partial charge in [-0.15, -0.1) is 24.2 Å². The number of hydrogen-bond acceptors (Lipinski definition) is 3. The number of carbonyl (C=O) groups excluding carboxylic acids is 1. The van der Waals surface area contributed by atoms with Crippen LogP contribution >= 0.6 is 24.2 Å². The molecule has 4 unspecified atom stereocenters. The molecular formula is C16H23ClN2OS. The lowest BCUT2D eigenvalue weighted by atomic mass is 9.74. The molecule has 1 N–H and O–H groups in total. The van der Waals surface area contributed by atoms with Crippen LogP contribution in [0.3, 0.4) is 0 Å². The molecule has 1 amide bonds. The number of hydrogen-bond donors (Lipinski definition) is 1. The van der Waals surface area contributed by atoms with Crippen molar-refractivity contribution in [3.8, 4) is 0 Å². The first kappa shape index (κ1) is 16.6. The van der Waals surface area contributed by atoms with Gasteiger partial charge in [0.25, 0.3) is 0 Å². The van der Waals surface area contributed by atoms with Crippen LogP contribution in [-0.4, -0.2) is 34.7 Å². The second-order valence-electron chi connectivity index (χ2n) is 5.91. The molecule has 3 aliphatic rings. The van der Waals surface area contributed by atoms with Gasteiger partial charge in [0.15, 0.2) is 0 Å². The van der Waals surface area contributed by atoms with Crippen LogP contribution in [0.1, 0.15) is 26.7 Å². The molecule has 1 fully saturated rings. The van der Waals surface area contributed by atoms with Gasteiger partial charge in [-0.2, -0.15) is 0 Å². The lowest BCUT2D eigenvalue weighted by molar-refractivity contribution is -0.126. The number of carbonyl (C=O) groups is 1. The normalized spacial score (nSPS) is 34.3. The Morgan fingerprint density at radius 1 is 1.57 bits per heavy atom. The molecule has 116 valence electrons. The lowest BCUT2D eigenvalue weighted by Gasteiger charge is -2.38. The van der Waals surface area contributed by atoms with E-state index in [2.05, 4.69) is 48.5 Å². The maximum Gasteiger partial charge on any atom is 0.224 e. The molecule has 2 aliphatic heterocycles. The molecule has 3 rings (SSSR count). The number of aliphatic imine (C=N–C) groups is 1. The molecule has 0 radical (unpaired) electrons. The number of nitrogens with one attached hydrogen (secondary N) is 1. The molecule has 5 heteroatoms. The van der Waals surface area contributed by atoms with Gasteiger partial charge >= 0.3 is 0 Å². The molecule has 0 aromatic rings. The molecular weight excluding hydrogens is 304 g/mol. The van der Waals surface area contributed by atoms with E-state index in [0.29, 0.717) is 5.92 Å². The van der Waals surface area contributed by atoms with Crippen LogP contribution in [0.25, 0.3) is 0 Å². The van der Waals surface area contributed by atoms with Crippen molar-refractivity contribution in [1.29, 1.82) is 0 Å². The summed E-state index contributed by atoms with van der Waals surface area (Å²) in [5.41, 5.74) is 1.17. The van der Waals surface area contributed by atoms with Crippen molar-refractivity contribution in [3.05, 3.63) is 24.3 Å². The number of amides is 1. The van der Waals surface area contributed by atoms with E-state index in [4.69, 9.17) is 0 Å². The van der Waals surface area contributed by atoms with Gasteiger partial charge < -0.3 is 5.32 Å². The maximum atomic E-state index is 12.5. The van der Waals surface area contributed by atoms with Crippen molar-refractivity contribution in [1.82, 2.24) is 5.32 Å². The molecule has 3 nitrogen and oxygen atoms in total. The van der Waals surface area contributed by atoms with Crippen molar-refractivity contribution >= 4 is 35.8 Å². The van der Waals surface area contributed by atoms with E-state index in [1.54, 1.807) is 0 Å². The summed E-state index contributed by atoms with van der Waals surface area (Å²) in [6, 6.07) is 0.266. The highest BCUT2D eigenvalue weighted by Gasteiger charge is 2.53. The van der Waals surface area contributed by atoms with Gasteiger partial charge in [0.2, 0.25) is 5.91 Å². The molecule has 21 heavy (non-hydrogen) atoms. The van der Waals surface area contributed by atoms with Crippen LogP contribution in [0, 0.1) is 11.8 Å². The van der Waals surface area contributed by atoms with E-state index < -0.39 is 0 Å². The van der Waals surface area contributed by atoms with E-state index in [1.165, 1.54) is 5.71 Å². The fraction of sp³-hybridized carbons (Fsp3) is 0.625. The van der Waals surface area contributed by atoms with E-state index in [0.717, 1.165) is 25.1 Å². The Morgan fingerprint density at radius 2 is 2.38 bits per heavy atom. The van der Waals surface area contributed by atoms with Crippen LogP contribution < -0.4 is 5.32 Å². The molecule has 0 aromatic carbocycles. The van der Waals surface area contributed by atoms with E-state index in [1.807, 2.05) is 11.8 Å². The highest BCUT2D eigenvalue weighted by Crippen LogP contribution is 2.52. The standard InChI is InChI=1S/C16H22N2OS.ClH/c1-3-11(2)18-15(19)12-10-20-16-8-5-4-6-14(16)17-9-7-13(12)16;/h4-6,8,11-13H,3,7,9-10H2,1-2H3,(H,18,19);1H. The lowest BCUT2D eigenvalue weighted by Crippen LogP contribution is -2.47. The van der Waals surface area contributed by atoms with Gasteiger partial charge in [0.1, 0.15) is 0 Å². The molecule has 0 bridgehead atoms. The molecule has 4 atom stereocenters. The second kappa shape index (κ2) is 6.57. The summed E-state index contributed by atoms with van der Waals surface area (Å²) in [4.78, 5) is 17.2. The average Bonchev–Trinajstić information content (AvgIpc) is 2.84. The van der Waals surface area contributed by atoms with Gasteiger partial charge in [-0.05, 0) is 31.8 Å². The van der Waals surface area contributed by atoms with E-state index >= 15 is 0 Å². The Balaban J connectivity index is 0.00000161. The van der Waals surface area contributed by atoms with Crippen molar-refractivity contribution < 1.29 is 4.79 Å². The minimum Gasteiger partial charge on any atom is -0.353 e. The maximum absolute atomic E-state index is 12.5. The summed E-state index contributed by atoms with van der Waals surface area (Å²) < 4.78 is -0.0372. The van der Waals surface area contributed by atoms with Crippen LogP contribution in [0.5, 0.6) is 0 Å². The summed E-state index contributed by atoms with van der Waals surface area (Å²) in [6.45, 7) is 5.04. The average molecular weight is 327 g/mol. The van der Waals surface area contributed by atoms with Crippen LogP contribution in [0.2, 0.25) is 0 Å². The fourth-order valence-corrected chi connectivity index (χ4v) is 5.16. The third-order valence-electron chi connectivity index (χ3n) is 4.71. The third-order valence-corrected chi connectivity index (χ3v) is 6.36. The molecule has 2 heterocycles. The first-order chi connectivity index (χ1) is 9.67. The predicted molar refractivity (Wildman–Crippen MR) is 92.5 cm³/mol. The van der Waals surface area contributed by atoms with E-state index in [-0.39, 0.29) is 35.0 Å². The first-order valence-electron chi connectivity index (χ1n) is 7.52. The summed E-state index contributed by atoms with van der Waals surface area (Å²) >= 11 is 1.90. The first-order valence-corrected chi connectivity index (χ1v) is 8.51. The van der Waals surface area contributed by atoms with Gasteiger partial charge in [0.05, 0.1) is 16.4 Å². The quantitative estimate of drug-likeness (QED) is 0.866. The second-order valence-corrected chi connectivity index (χ2v) is 7.21. The SMILES string of the molecule is CCC(C)NC(=O)C1CSC23C=CC=CC2=NCCC13.Cl. The molecule has 0 saturated carbocycles. The summed E-state index contributed by atoms with van der Waals surface area (Å²) in [5, 5.41) is 3.16. The zero-order valence-corrected chi connectivity index (χ0v) is 14.2. The van der Waals surface area contributed by atoms with Gasteiger partial charge in [-0.1, -0.05) is 25.2 Å². The zero-order chi connectivity index (χ0) is 14.2. The van der Waals surface area contributed by atoms with Crippen molar-refractivity contribution in [2.45, 2.75) is 37.5 Å². The Bertz CT molecular complexity index is 503. The minimum atomic E-state index is -0.0372. The Kier molecular flexibility index (Phi) is 5.20. The Labute approximate surface area is 137 Å². The fourth-order valence-electron chi connectivity index (χ4n) is 3.37. The molecule has 1 aliphatic carbocycles. The van der Waals surface area contributed by atoms with Crippen molar-refractivity contribution in [2.75, 3.05) is 12.3 Å². The van der Waals surface area contributed by atoms with Gasteiger partial charge in [0, 0.05) is 18.3 Å². The predicted octanol–water partition coefficient (Wildman–Crippen LogP) is 3.01. The monoisotopic (exact) mass is 326 g/mol. The molecule has 1 saturated heterocycles. The van der Waals surface area contributed by atoms with E-state index in [9.17, 15) is 4.79 Å². The van der Waals surface area contributed by atoms with Crippen LogP contribution in [0.15, 0.2) is 29.3 Å². The number of rotatable bonds is 3. The number of nitrogens with zero attached hydrogens (tertiary/aromatic N) is 1. The molecule has 1 spiro atoms. The van der Waals surface area contributed by atoms with Crippen molar-refractivity contribution in [2.24, 2.45) is 16.8 Å². The smallest absolute Gasteiger partial charge is 0.224 e. The number of halogens is 1. The van der Waals surface area contributed by atoms with Gasteiger partial charge in [-0.25, -0.2) is 0 Å². The Hall–Kier alpha value is -0.740. The van der Waals surface area contributed by atoms with Gasteiger partial charge in [-0.3, -0.25) is 9.79 Å². The number of thioether (sulfide) groups is 1. The topological polar surface area (TPSA) is 41.5 Å².